The van der Waals surface area contributed by atoms with Gasteiger partial charge in [-0.1, -0.05) is 33.7 Å². The van der Waals surface area contributed by atoms with Crippen LogP contribution < -0.4 is 0 Å². The van der Waals surface area contributed by atoms with Gasteiger partial charge in [0.1, 0.15) is 10.1 Å². The van der Waals surface area contributed by atoms with Gasteiger partial charge in [-0.2, -0.15) is 0 Å². The number of pyridine rings is 2. The van der Waals surface area contributed by atoms with Crippen molar-refractivity contribution in [2.45, 2.75) is 49.8 Å². The summed E-state index contributed by atoms with van der Waals surface area (Å²) in [5, 5.41) is 21.2. The van der Waals surface area contributed by atoms with Gasteiger partial charge in [-0.3, -0.25) is 9.59 Å². The molecular formula is C26H34N4O4S4. The van der Waals surface area contributed by atoms with Crippen molar-refractivity contribution in [1.82, 2.24) is 19.8 Å². The molecule has 2 aromatic rings. The summed E-state index contributed by atoms with van der Waals surface area (Å²) in [4.78, 5) is 37.7. The molecule has 8 nitrogen and oxygen atoms in total. The maximum absolute atomic E-state index is 12.1. The van der Waals surface area contributed by atoms with E-state index in [1.807, 2.05) is 50.6 Å². The molecule has 2 N–H and O–H groups in total. The molecule has 0 aliphatic carbocycles. The first kappa shape index (κ1) is 32.3. The Morgan fingerprint density at radius 1 is 0.789 bits per heavy atom. The van der Waals surface area contributed by atoms with Gasteiger partial charge in [0.05, 0.1) is 13.1 Å². The van der Waals surface area contributed by atoms with E-state index >= 15 is 0 Å². The minimum Gasteiger partial charge on any atom is -0.396 e. The fourth-order valence-electron chi connectivity index (χ4n) is 3.48. The summed E-state index contributed by atoms with van der Waals surface area (Å²) in [7, 11) is 2.85. The van der Waals surface area contributed by atoms with Crippen molar-refractivity contribution in [3.05, 3.63) is 69.0 Å². The summed E-state index contributed by atoms with van der Waals surface area (Å²) in [6.45, 7) is 4.28. The second-order valence-electron chi connectivity index (χ2n) is 7.94. The summed E-state index contributed by atoms with van der Waals surface area (Å²) < 4.78 is 0. The molecule has 0 spiro atoms. The number of thioether (sulfide) groups is 2. The molecule has 0 atom stereocenters. The first-order chi connectivity index (χ1) is 18.4. The molecule has 12 heteroatoms. The predicted molar refractivity (Wildman–Crippen MR) is 159 cm³/mol. The fraction of sp³-hybridized carbons (Fsp3) is 0.385. The highest BCUT2D eigenvalue weighted by atomic mass is 33.1. The highest BCUT2D eigenvalue weighted by Crippen LogP contribution is 2.43. The first-order valence-corrected chi connectivity index (χ1v) is 16.4. The number of rotatable bonds is 17. The standard InChI is InChI=1S/C26H34N4O4S4/c1-19(29(17-33)15-21-7-5-11-27-25(21)35-3)23(9-13-31)37-38-24(10-14-32)20(2)30(18-34)16-22-8-6-12-28-26(22)36-4/h5-8,11-12,17-18,31-32H,9-10,13-16H2,1-4H3/b23-19-,24-20-. The van der Waals surface area contributed by atoms with E-state index in [0.29, 0.717) is 25.9 Å². The van der Waals surface area contributed by atoms with E-state index in [-0.39, 0.29) is 13.2 Å². The Morgan fingerprint density at radius 2 is 1.18 bits per heavy atom. The number of hydrogen-bond donors (Lipinski definition) is 2. The Kier molecular flexibility index (Phi) is 14.9. The van der Waals surface area contributed by atoms with E-state index in [1.165, 1.54) is 45.1 Å². The molecule has 2 amide bonds. The average Bonchev–Trinajstić information content (AvgIpc) is 2.95. The lowest BCUT2D eigenvalue weighted by Crippen LogP contribution is -2.21. The number of aromatic nitrogens is 2. The third kappa shape index (κ3) is 9.35. The molecule has 0 unspecified atom stereocenters. The maximum atomic E-state index is 12.1. The zero-order chi connectivity index (χ0) is 27.9. The first-order valence-electron chi connectivity index (χ1n) is 11.8. The summed E-state index contributed by atoms with van der Waals surface area (Å²) in [5.74, 6) is 0. The van der Waals surface area contributed by atoms with Gasteiger partial charge < -0.3 is 20.0 Å². The number of allylic oxidation sites excluding steroid dienone is 2. The van der Waals surface area contributed by atoms with Crippen LogP contribution in [-0.2, 0) is 22.7 Å². The number of carbonyl (C=O) groups is 2. The summed E-state index contributed by atoms with van der Waals surface area (Å²) in [5.41, 5.74) is 3.34. The van der Waals surface area contributed by atoms with Crippen molar-refractivity contribution in [2.24, 2.45) is 0 Å². The van der Waals surface area contributed by atoms with Crippen molar-refractivity contribution in [2.75, 3.05) is 25.7 Å². The van der Waals surface area contributed by atoms with Crippen molar-refractivity contribution in [1.29, 1.82) is 0 Å². The van der Waals surface area contributed by atoms with E-state index in [9.17, 15) is 19.8 Å². The molecule has 0 aliphatic rings. The maximum Gasteiger partial charge on any atom is 0.214 e. The second-order valence-corrected chi connectivity index (χ2v) is 11.9. The minimum atomic E-state index is -0.0765. The van der Waals surface area contributed by atoms with Gasteiger partial charge >= 0.3 is 0 Å². The lowest BCUT2D eigenvalue weighted by molar-refractivity contribution is -0.117. The van der Waals surface area contributed by atoms with Gasteiger partial charge in [0, 0.05) is 70.8 Å². The zero-order valence-corrected chi connectivity index (χ0v) is 25.3. The molecule has 2 rings (SSSR count). The number of hydrogen-bond acceptors (Lipinski definition) is 10. The molecule has 2 aromatic heterocycles. The van der Waals surface area contributed by atoms with Crippen LogP contribution in [0.2, 0.25) is 0 Å². The molecule has 2 heterocycles. The minimum absolute atomic E-state index is 0.0765. The van der Waals surface area contributed by atoms with Crippen LogP contribution in [0, 0.1) is 0 Å². The van der Waals surface area contributed by atoms with Gasteiger partial charge in [0.2, 0.25) is 12.8 Å². The molecule has 0 fully saturated rings. The number of amides is 2. The van der Waals surface area contributed by atoms with E-state index in [1.54, 1.807) is 22.2 Å². The third-order valence-corrected chi connectivity index (χ3v) is 10.1. The number of aliphatic hydroxyl groups excluding tert-OH is 2. The Labute approximate surface area is 241 Å². The van der Waals surface area contributed by atoms with Crippen LogP contribution in [-0.4, -0.2) is 68.5 Å². The van der Waals surface area contributed by atoms with Crippen LogP contribution in [0.3, 0.4) is 0 Å². The average molecular weight is 595 g/mol. The topological polar surface area (TPSA) is 107 Å². The van der Waals surface area contributed by atoms with E-state index in [4.69, 9.17) is 0 Å². The van der Waals surface area contributed by atoms with Crippen LogP contribution in [0.15, 0.2) is 67.9 Å². The SMILES string of the molecule is CSc1ncccc1CN(C=O)/C(C)=C(/CCO)SS/C(CCO)=C(/C)N(C=O)Cc1cccnc1SC. The van der Waals surface area contributed by atoms with Gasteiger partial charge in [0.15, 0.2) is 0 Å². The van der Waals surface area contributed by atoms with Crippen LogP contribution in [0.4, 0.5) is 0 Å². The van der Waals surface area contributed by atoms with E-state index in [2.05, 4.69) is 9.97 Å². The van der Waals surface area contributed by atoms with Gasteiger partial charge in [0.25, 0.3) is 0 Å². The van der Waals surface area contributed by atoms with Crippen LogP contribution in [0.5, 0.6) is 0 Å². The molecular weight excluding hydrogens is 561 g/mol. The quantitative estimate of drug-likeness (QED) is 0.145. The highest BCUT2D eigenvalue weighted by Gasteiger charge is 2.18. The predicted octanol–water partition coefficient (Wildman–Crippen LogP) is 5.15. The fourth-order valence-corrected chi connectivity index (χ4v) is 7.46. The van der Waals surface area contributed by atoms with Crippen LogP contribution in [0.1, 0.15) is 37.8 Å². The summed E-state index contributed by atoms with van der Waals surface area (Å²) in [6, 6.07) is 7.58. The third-order valence-electron chi connectivity index (χ3n) is 5.61. The van der Waals surface area contributed by atoms with Crippen molar-refractivity contribution >= 4 is 57.9 Å². The Hall–Kier alpha value is -1.96. The lowest BCUT2D eigenvalue weighted by atomic mass is 10.2. The molecule has 206 valence electrons. The molecule has 0 saturated carbocycles. The van der Waals surface area contributed by atoms with Crippen LogP contribution in [0.25, 0.3) is 0 Å². The number of carbonyl (C=O) groups excluding carboxylic acids is 2. The molecule has 0 aliphatic heterocycles. The zero-order valence-electron chi connectivity index (χ0n) is 22.0. The molecule has 0 saturated heterocycles. The van der Waals surface area contributed by atoms with Crippen LogP contribution >= 0.6 is 45.1 Å². The van der Waals surface area contributed by atoms with Gasteiger partial charge in [-0.05, 0) is 38.5 Å². The Morgan fingerprint density at radius 3 is 1.50 bits per heavy atom. The number of nitrogens with zero attached hydrogens (tertiary/aromatic N) is 4. The van der Waals surface area contributed by atoms with E-state index < -0.39 is 0 Å². The normalized spacial score (nSPS) is 12.5. The van der Waals surface area contributed by atoms with Crippen molar-refractivity contribution in [3.8, 4) is 0 Å². The smallest absolute Gasteiger partial charge is 0.214 e. The van der Waals surface area contributed by atoms with Crippen molar-refractivity contribution < 1.29 is 19.8 Å². The summed E-state index contributed by atoms with van der Waals surface area (Å²) >= 11 is 3.04. The number of aliphatic hydroxyl groups is 2. The largest absolute Gasteiger partial charge is 0.396 e. The molecule has 0 radical (unpaired) electrons. The van der Waals surface area contributed by atoms with Gasteiger partial charge in [-0.15, -0.1) is 23.5 Å². The molecule has 38 heavy (non-hydrogen) atoms. The highest BCUT2D eigenvalue weighted by molar-refractivity contribution is 8.79. The monoisotopic (exact) mass is 594 g/mol. The molecule has 0 bridgehead atoms. The van der Waals surface area contributed by atoms with Gasteiger partial charge in [-0.25, -0.2) is 9.97 Å². The summed E-state index contributed by atoms with van der Waals surface area (Å²) in [6.07, 6.45) is 9.65. The Balaban J connectivity index is 2.31. The van der Waals surface area contributed by atoms with Crippen molar-refractivity contribution in [3.63, 3.8) is 0 Å². The van der Waals surface area contributed by atoms with E-state index in [0.717, 1.165) is 55.2 Å². The second kappa shape index (κ2) is 17.6. The lowest BCUT2D eigenvalue weighted by Gasteiger charge is -2.24. The molecule has 0 aromatic carbocycles. The Bertz CT molecular complexity index is 1040.